The second-order valence-electron chi connectivity index (χ2n) is 8.85. The normalized spacial score (nSPS) is 21.6. The van der Waals surface area contributed by atoms with Crippen LogP contribution in [0.3, 0.4) is 0 Å². The number of hydrogen-bond acceptors (Lipinski definition) is 4. The van der Waals surface area contributed by atoms with Gasteiger partial charge in [0.05, 0.1) is 5.41 Å². The molecule has 2 aromatic rings. The number of benzene rings is 1. The largest absolute Gasteiger partial charge is 0.359 e. The molecule has 7 heteroatoms. The molecule has 0 spiro atoms. The van der Waals surface area contributed by atoms with Crippen molar-refractivity contribution < 1.29 is 14.4 Å². The quantitative estimate of drug-likeness (QED) is 0.756. The average molecular weight is 435 g/mol. The molecule has 7 nitrogen and oxygen atoms in total. The predicted molar refractivity (Wildman–Crippen MR) is 121 cm³/mol. The summed E-state index contributed by atoms with van der Waals surface area (Å²) in [6.45, 7) is 3.29. The lowest BCUT2D eigenvalue weighted by atomic mass is 9.79. The molecule has 4 rings (SSSR count). The first-order chi connectivity index (χ1) is 15.4. The number of nitrogens with zero attached hydrogens (tertiary/aromatic N) is 3. The fourth-order valence-electron chi connectivity index (χ4n) is 5.00. The van der Waals surface area contributed by atoms with Crippen LogP contribution in [0.15, 0.2) is 48.8 Å². The molecular formula is C25H30N4O3. The minimum absolute atomic E-state index is 0.0369. The molecule has 3 heterocycles. The number of amides is 3. The lowest BCUT2D eigenvalue weighted by molar-refractivity contribution is -0.142. The summed E-state index contributed by atoms with van der Waals surface area (Å²) in [5.41, 5.74) is 2.43. The van der Waals surface area contributed by atoms with Crippen molar-refractivity contribution in [2.45, 2.75) is 38.6 Å². The summed E-state index contributed by atoms with van der Waals surface area (Å²) in [6.07, 6.45) is 6.01. The Balaban J connectivity index is 1.54. The summed E-state index contributed by atoms with van der Waals surface area (Å²) in [4.78, 5) is 45.9. The van der Waals surface area contributed by atoms with E-state index >= 15 is 0 Å². The van der Waals surface area contributed by atoms with Gasteiger partial charge in [-0.3, -0.25) is 19.4 Å². The number of aromatic nitrogens is 1. The first-order valence-electron chi connectivity index (χ1n) is 11.2. The molecule has 168 valence electrons. The van der Waals surface area contributed by atoms with Crippen molar-refractivity contribution >= 4 is 17.7 Å². The van der Waals surface area contributed by atoms with Gasteiger partial charge in [-0.05, 0) is 48.9 Å². The number of rotatable bonds is 6. The van der Waals surface area contributed by atoms with Crippen molar-refractivity contribution in [3.63, 3.8) is 0 Å². The van der Waals surface area contributed by atoms with Gasteiger partial charge in [0.2, 0.25) is 17.7 Å². The van der Waals surface area contributed by atoms with E-state index in [0.717, 1.165) is 23.1 Å². The van der Waals surface area contributed by atoms with Gasteiger partial charge in [0.1, 0.15) is 6.04 Å². The first-order valence-corrected chi connectivity index (χ1v) is 11.2. The van der Waals surface area contributed by atoms with E-state index in [-0.39, 0.29) is 17.7 Å². The molecule has 0 saturated carbocycles. The second kappa shape index (κ2) is 9.10. The lowest BCUT2D eigenvalue weighted by Crippen LogP contribution is -2.49. The van der Waals surface area contributed by atoms with E-state index in [2.05, 4.69) is 16.4 Å². The van der Waals surface area contributed by atoms with E-state index in [0.29, 0.717) is 38.9 Å². The third-order valence-corrected chi connectivity index (χ3v) is 6.77. The number of likely N-dealkylation sites (tertiary alicyclic amines) is 2. The van der Waals surface area contributed by atoms with Gasteiger partial charge in [-0.2, -0.15) is 0 Å². The van der Waals surface area contributed by atoms with Crippen molar-refractivity contribution in [3.8, 4) is 11.1 Å². The zero-order valence-electron chi connectivity index (χ0n) is 18.7. The van der Waals surface area contributed by atoms with Gasteiger partial charge in [0, 0.05) is 45.5 Å². The summed E-state index contributed by atoms with van der Waals surface area (Å²) in [5, 5.41) is 2.81. The summed E-state index contributed by atoms with van der Waals surface area (Å²) in [6, 6.07) is 11.6. The number of nitrogens with one attached hydrogen (secondary N) is 1. The highest BCUT2D eigenvalue weighted by atomic mass is 16.2. The fraction of sp³-hybridized carbons (Fsp3) is 0.440. The summed E-state index contributed by atoms with van der Waals surface area (Å²) in [5.74, 6) is -0.0885. The van der Waals surface area contributed by atoms with E-state index < -0.39 is 11.5 Å². The van der Waals surface area contributed by atoms with Gasteiger partial charge in [-0.1, -0.05) is 30.3 Å². The zero-order chi connectivity index (χ0) is 22.7. The van der Waals surface area contributed by atoms with E-state index in [1.165, 1.54) is 0 Å². The molecule has 2 unspecified atom stereocenters. The molecule has 2 atom stereocenters. The van der Waals surface area contributed by atoms with Crippen LogP contribution in [-0.4, -0.2) is 65.2 Å². The highest BCUT2D eigenvalue weighted by Crippen LogP contribution is 2.36. The molecular weight excluding hydrogens is 404 g/mol. The predicted octanol–water partition coefficient (Wildman–Crippen LogP) is 2.27. The highest BCUT2D eigenvalue weighted by molar-refractivity contribution is 5.90. The lowest BCUT2D eigenvalue weighted by Gasteiger charge is -2.30. The van der Waals surface area contributed by atoms with Crippen molar-refractivity contribution in [2.24, 2.45) is 5.41 Å². The summed E-state index contributed by atoms with van der Waals surface area (Å²) >= 11 is 0. The standard InChI is InChI=1S/C25H30N4O3/c1-18(29-12-5-9-22(29)30)23(31)28-13-10-25(17-28,24(32)26-2)15-19-6-3-7-20(14-19)21-8-4-11-27-16-21/h3-4,6-8,11,14,16,18H,5,9-10,12-13,15,17H2,1-2H3,(H,26,32). The Kier molecular flexibility index (Phi) is 6.26. The van der Waals surface area contributed by atoms with E-state index in [1.54, 1.807) is 30.0 Å². The van der Waals surface area contributed by atoms with E-state index in [4.69, 9.17) is 0 Å². The van der Waals surface area contributed by atoms with Crippen molar-refractivity contribution in [3.05, 3.63) is 54.4 Å². The summed E-state index contributed by atoms with van der Waals surface area (Å²) < 4.78 is 0. The zero-order valence-corrected chi connectivity index (χ0v) is 18.7. The van der Waals surface area contributed by atoms with Gasteiger partial charge >= 0.3 is 0 Å². The van der Waals surface area contributed by atoms with Crippen LogP contribution >= 0.6 is 0 Å². The Bertz CT molecular complexity index is 1010. The van der Waals surface area contributed by atoms with E-state index in [9.17, 15) is 14.4 Å². The molecule has 2 saturated heterocycles. The Morgan fingerprint density at radius 3 is 2.69 bits per heavy atom. The molecule has 0 bridgehead atoms. The third-order valence-electron chi connectivity index (χ3n) is 6.77. The Morgan fingerprint density at radius 2 is 2.00 bits per heavy atom. The molecule has 2 fully saturated rings. The van der Waals surface area contributed by atoms with Crippen molar-refractivity contribution in [1.82, 2.24) is 20.1 Å². The maximum absolute atomic E-state index is 13.2. The molecule has 1 N–H and O–H groups in total. The number of hydrogen-bond donors (Lipinski definition) is 1. The van der Waals surface area contributed by atoms with Gasteiger partial charge in [0.25, 0.3) is 0 Å². The minimum Gasteiger partial charge on any atom is -0.359 e. The Morgan fingerprint density at radius 1 is 1.19 bits per heavy atom. The van der Waals surface area contributed by atoms with Crippen LogP contribution in [0, 0.1) is 5.41 Å². The molecule has 1 aromatic heterocycles. The van der Waals surface area contributed by atoms with Crippen LogP contribution in [0.2, 0.25) is 0 Å². The maximum atomic E-state index is 13.2. The highest BCUT2D eigenvalue weighted by Gasteiger charge is 2.47. The molecule has 0 aliphatic carbocycles. The van der Waals surface area contributed by atoms with E-state index in [1.807, 2.05) is 36.5 Å². The fourth-order valence-corrected chi connectivity index (χ4v) is 5.00. The summed E-state index contributed by atoms with van der Waals surface area (Å²) in [7, 11) is 1.64. The molecule has 0 radical (unpaired) electrons. The SMILES string of the molecule is CNC(=O)C1(Cc2cccc(-c3cccnc3)c2)CCN(C(=O)C(C)N2CCCC2=O)C1. The Hall–Kier alpha value is -3.22. The van der Waals surface area contributed by atoms with Crippen LogP contribution < -0.4 is 5.32 Å². The minimum atomic E-state index is -0.688. The van der Waals surface area contributed by atoms with Crippen molar-refractivity contribution in [1.29, 1.82) is 0 Å². The average Bonchev–Trinajstić information content (AvgIpc) is 3.45. The monoisotopic (exact) mass is 434 g/mol. The van der Waals surface area contributed by atoms with Crippen LogP contribution in [0.4, 0.5) is 0 Å². The number of carbonyl (C=O) groups is 3. The van der Waals surface area contributed by atoms with Gasteiger partial charge in [-0.25, -0.2) is 0 Å². The first kappa shape index (κ1) is 22.0. The molecule has 2 aliphatic rings. The smallest absolute Gasteiger partial charge is 0.245 e. The van der Waals surface area contributed by atoms with Crippen LogP contribution in [0.25, 0.3) is 11.1 Å². The second-order valence-corrected chi connectivity index (χ2v) is 8.85. The molecule has 3 amide bonds. The topological polar surface area (TPSA) is 82.6 Å². The molecule has 32 heavy (non-hydrogen) atoms. The molecule has 2 aliphatic heterocycles. The maximum Gasteiger partial charge on any atom is 0.245 e. The Labute approximate surface area is 188 Å². The molecule has 1 aromatic carbocycles. The number of pyridine rings is 1. The van der Waals surface area contributed by atoms with Crippen LogP contribution in [0.1, 0.15) is 31.7 Å². The van der Waals surface area contributed by atoms with Crippen LogP contribution in [0.5, 0.6) is 0 Å². The van der Waals surface area contributed by atoms with Crippen molar-refractivity contribution in [2.75, 3.05) is 26.7 Å². The third kappa shape index (κ3) is 4.24. The van der Waals surface area contributed by atoms with Gasteiger partial charge in [0.15, 0.2) is 0 Å². The van der Waals surface area contributed by atoms with Crippen LogP contribution in [-0.2, 0) is 20.8 Å². The number of carbonyl (C=O) groups excluding carboxylic acids is 3. The van der Waals surface area contributed by atoms with Gasteiger partial charge < -0.3 is 15.1 Å². The van der Waals surface area contributed by atoms with Gasteiger partial charge in [-0.15, -0.1) is 0 Å².